The van der Waals surface area contributed by atoms with Crippen LogP contribution in [0, 0.1) is 0 Å². The average Bonchev–Trinajstić information content (AvgIpc) is 2.79. The lowest BCUT2D eigenvalue weighted by molar-refractivity contribution is -0.116. The summed E-state index contributed by atoms with van der Waals surface area (Å²) in [6.45, 7) is 0. The number of carbonyl (C=O) groups excluding carboxylic acids is 1. The molecule has 7 heteroatoms. The summed E-state index contributed by atoms with van der Waals surface area (Å²) in [5, 5.41) is 6.25. The molecule has 1 aromatic heterocycles. The highest BCUT2D eigenvalue weighted by molar-refractivity contribution is 7.98. The minimum Gasteiger partial charge on any atom is -0.312 e. The van der Waals surface area contributed by atoms with Gasteiger partial charge in [-0.1, -0.05) is 78.0 Å². The molecule has 1 atom stereocenters. The predicted molar refractivity (Wildman–Crippen MR) is 130 cm³/mol. The zero-order valence-corrected chi connectivity index (χ0v) is 18.9. The van der Waals surface area contributed by atoms with Crippen LogP contribution in [0.3, 0.4) is 0 Å². The number of carbonyl (C=O) groups is 1. The van der Waals surface area contributed by atoms with Crippen LogP contribution >= 0.6 is 23.4 Å². The molecule has 1 amide bonds. The second-order valence-corrected chi connectivity index (χ2v) is 9.19. The third-order valence-corrected chi connectivity index (χ3v) is 7.09. The fraction of sp³-hybridized carbons (Fsp3) is 0.160. The van der Waals surface area contributed by atoms with Crippen molar-refractivity contribution < 1.29 is 4.79 Å². The quantitative estimate of drug-likeness (QED) is 0.328. The Balaban J connectivity index is 1.58. The molecular weight excluding hydrogens is 442 g/mol. The molecule has 5 nitrogen and oxygen atoms in total. The first-order valence-electron chi connectivity index (χ1n) is 10.3. The molecule has 0 bridgehead atoms. The summed E-state index contributed by atoms with van der Waals surface area (Å²) in [5.74, 6) is 0.679. The monoisotopic (exact) mass is 461 g/mol. The van der Waals surface area contributed by atoms with Crippen molar-refractivity contribution in [3.8, 4) is 0 Å². The van der Waals surface area contributed by atoms with Crippen LogP contribution in [-0.2, 0) is 17.6 Å². The Morgan fingerprint density at radius 3 is 2.72 bits per heavy atom. The van der Waals surface area contributed by atoms with E-state index in [9.17, 15) is 9.59 Å². The molecule has 160 valence electrons. The lowest BCUT2D eigenvalue weighted by atomic mass is 9.84. The van der Waals surface area contributed by atoms with Gasteiger partial charge in [0.05, 0.1) is 5.56 Å². The Labute approximate surface area is 194 Å². The molecule has 0 saturated carbocycles. The SMILES string of the molecule is Cn1c(SCc2cccc(Cl)c2)nc(=O)c2c1NC(=O)CC2c1cccc2ccccc12. The van der Waals surface area contributed by atoms with E-state index in [1.165, 1.54) is 11.8 Å². The first-order valence-corrected chi connectivity index (χ1v) is 11.6. The number of fused-ring (bicyclic) bond motifs is 2. The Kier molecular flexibility index (Phi) is 5.49. The van der Waals surface area contributed by atoms with E-state index >= 15 is 0 Å². The summed E-state index contributed by atoms with van der Waals surface area (Å²) >= 11 is 7.52. The molecule has 0 radical (unpaired) electrons. The fourth-order valence-corrected chi connectivity index (χ4v) is 5.38. The number of amides is 1. The average molecular weight is 462 g/mol. The summed E-state index contributed by atoms with van der Waals surface area (Å²) in [6, 6.07) is 21.6. The van der Waals surface area contributed by atoms with Gasteiger partial charge in [0.1, 0.15) is 5.82 Å². The molecule has 0 aliphatic carbocycles. The highest BCUT2D eigenvalue weighted by Crippen LogP contribution is 2.38. The third-order valence-electron chi connectivity index (χ3n) is 5.76. The van der Waals surface area contributed by atoms with Crippen molar-refractivity contribution in [2.45, 2.75) is 23.2 Å². The molecule has 2 heterocycles. The van der Waals surface area contributed by atoms with Crippen LogP contribution in [0.2, 0.25) is 5.02 Å². The number of hydrogen-bond donors (Lipinski definition) is 1. The highest BCUT2D eigenvalue weighted by Gasteiger charge is 2.32. The number of rotatable bonds is 4. The second-order valence-electron chi connectivity index (χ2n) is 7.81. The van der Waals surface area contributed by atoms with Crippen LogP contribution in [-0.4, -0.2) is 15.5 Å². The van der Waals surface area contributed by atoms with Crippen molar-refractivity contribution in [3.63, 3.8) is 0 Å². The van der Waals surface area contributed by atoms with Crippen molar-refractivity contribution in [2.24, 2.45) is 7.05 Å². The maximum atomic E-state index is 13.2. The summed E-state index contributed by atoms with van der Waals surface area (Å²) in [4.78, 5) is 30.3. The van der Waals surface area contributed by atoms with Crippen molar-refractivity contribution in [2.75, 3.05) is 5.32 Å². The lowest BCUT2D eigenvalue weighted by Crippen LogP contribution is -2.33. The standard InChI is InChI=1S/C25H20ClN3O2S/c1-29-23-22(24(31)28-25(29)32-14-15-6-4-9-17(26)12-15)20(13-21(30)27-23)19-11-5-8-16-7-2-3-10-18(16)19/h2-12,20H,13-14H2,1H3,(H,27,30). The van der Waals surface area contributed by atoms with Gasteiger partial charge in [0.25, 0.3) is 5.56 Å². The second kappa shape index (κ2) is 8.45. The summed E-state index contributed by atoms with van der Waals surface area (Å²) < 4.78 is 1.81. The van der Waals surface area contributed by atoms with Crippen molar-refractivity contribution in [3.05, 3.63) is 98.8 Å². The summed E-state index contributed by atoms with van der Waals surface area (Å²) in [6.07, 6.45) is 0.215. The van der Waals surface area contributed by atoms with Gasteiger partial charge < -0.3 is 9.88 Å². The van der Waals surface area contributed by atoms with E-state index in [0.29, 0.717) is 27.3 Å². The molecule has 0 saturated heterocycles. The van der Waals surface area contributed by atoms with E-state index < -0.39 is 0 Å². The largest absolute Gasteiger partial charge is 0.312 e. The number of nitrogens with zero attached hydrogens (tertiary/aromatic N) is 2. The maximum absolute atomic E-state index is 13.2. The first-order chi connectivity index (χ1) is 15.5. The van der Waals surface area contributed by atoms with Gasteiger partial charge in [-0.05, 0) is 34.0 Å². The smallest absolute Gasteiger partial charge is 0.279 e. The third kappa shape index (κ3) is 3.80. The molecule has 1 unspecified atom stereocenters. The molecule has 5 rings (SSSR count). The van der Waals surface area contributed by atoms with Gasteiger partial charge in [0.2, 0.25) is 5.91 Å². The number of halogens is 1. The van der Waals surface area contributed by atoms with E-state index in [4.69, 9.17) is 11.6 Å². The van der Waals surface area contributed by atoms with E-state index in [1.54, 1.807) is 4.57 Å². The van der Waals surface area contributed by atoms with Crippen molar-refractivity contribution in [1.29, 1.82) is 0 Å². The topological polar surface area (TPSA) is 64.0 Å². The molecule has 1 aliphatic rings. The van der Waals surface area contributed by atoms with Crippen molar-refractivity contribution >= 4 is 45.9 Å². The van der Waals surface area contributed by atoms with Gasteiger partial charge >= 0.3 is 0 Å². The number of aromatic nitrogens is 2. The summed E-state index contributed by atoms with van der Waals surface area (Å²) in [5.41, 5.74) is 2.24. The molecule has 4 aromatic rings. The number of nitrogens with one attached hydrogen (secondary N) is 1. The minimum absolute atomic E-state index is 0.109. The van der Waals surface area contributed by atoms with Crippen LogP contribution in [0.25, 0.3) is 10.8 Å². The number of benzene rings is 3. The van der Waals surface area contributed by atoms with Crippen LogP contribution in [0.1, 0.15) is 29.0 Å². The van der Waals surface area contributed by atoms with Gasteiger partial charge in [-0.3, -0.25) is 9.59 Å². The minimum atomic E-state index is -0.344. The van der Waals surface area contributed by atoms with Gasteiger partial charge in [0, 0.05) is 30.2 Å². The van der Waals surface area contributed by atoms with Crippen molar-refractivity contribution in [1.82, 2.24) is 9.55 Å². The zero-order chi connectivity index (χ0) is 22.2. The molecule has 0 spiro atoms. The van der Waals surface area contributed by atoms with Gasteiger partial charge in [-0.2, -0.15) is 4.98 Å². The lowest BCUT2D eigenvalue weighted by Gasteiger charge is -2.28. The Bertz CT molecular complexity index is 1410. The Morgan fingerprint density at radius 1 is 1.09 bits per heavy atom. The van der Waals surface area contributed by atoms with E-state index in [0.717, 1.165) is 21.9 Å². The molecule has 32 heavy (non-hydrogen) atoms. The normalized spacial score (nSPS) is 15.4. The number of thioether (sulfide) groups is 1. The molecule has 1 N–H and O–H groups in total. The highest BCUT2D eigenvalue weighted by atomic mass is 35.5. The summed E-state index contributed by atoms with van der Waals surface area (Å²) in [7, 11) is 1.83. The first kappa shape index (κ1) is 20.8. The molecule has 1 aliphatic heterocycles. The zero-order valence-electron chi connectivity index (χ0n) is 17.3. The van der Waals surface area contributed by atoms with Crippen LogP contribution in [0.15, 0.2) is 76.7 Å². The molecule has 0 fully saturated rings. The van der Waals surface area contributed by atoms with Gasteiger partial charge in [0.15, 0.2) is 5.16 Å². The van der Waals surface area contributed by atoms with E-state index in [2.05, 4.69) is 10.3 Å². The van der Waals surface area contributed by atoms with Crippen LogP contribution in [0.4, 0.5) is 5.82 Å². The van der Waals surface area contributed by atoms with Crippen LogP contribution < -0.4 is 10.9 Å². The number of hydrogen-bond acceptors (Lipinski definition) is 4. The predicted octanol–water partition coefficient (Wildman–Crippen LogP) is 5.35. The van der Waals surface area contributed by atoms with Crippen LogP contribution in [0.5, 0.6) is 0 Å². The van der Waals surface area contributed by atoms with E-state index in [-0.39, 0.29) is 23.8 Å². The van der Waals surface area contributed by atoms with Gasteiger partial charge in [-0.15, -0.1) is 0 Å². The maximum Gasteiger partial charge on any atom is 0.279 e. The number of anilines is 1. The fourth-order valence-electron chi connectivity index (χ4n) is 4.26. The Morgan fingerprint density at radius 2 is 1.88 bits per heavy atom. The Hall–Kier alpha value is -3.09. The van der Waals surface area contributed by atoms with Gasteiger partial charge in [-0.25, -0.2) is 0 Å². The molecule has 3 aromatic carbocycles. The molecular formula is C25H20ClN3O2S. The van der Waals surface area contributed by atoms with E-state index in [1.807, 2.05) is 73.8 Å².